The summed E-state index contributed by atoms with van der Waals surface area (Å²) in [4.78, 5) is 23.5. The predicted molar refractivity (Wildman–Crippen MR) is 62.3 cm³/mol. The molecule has 1 rings (SSSR count). The Hall–Kier alpha value is -1.36. The zero-order chi connectivity index (χ0) is 13.3. The summed E-state index contributed by atoms with van der Waals surface area (Å²) >= 11 is 0. The van der Waals surface area contributed by atoms with Gasteiger partial charge in [-0.05, 0) is 33.6 Å². The van der Waals surface area contributed by atoms with Crippen LogP contribution in [0.25, 0.3) is 0 Å². The van der Waals surface area contributed by atoms with Gasteiger partial charge in [0.15, 0.2) is 5.41 Å². The van der Waals surface area contributed by atoms with Crippen molar-refractivity contribution in [2.75, 3.05) is 0 Å². The number of carbonyl (C=O) groups excluding carboxylic acids is 1. The summed E-state index contributed by atoms with van der Waals surface area (Å²) in [6.07, 6.45) is 3.90. The Morgan fingerprint density at radius 3 is 2.41 bits per heavy atom. The van der Waals surface area contributed by atoms with Crippen LogP contribution in [0.15, 0.2) is 12.2 Å². The highest BCUT2D eigenvalue weighted by molar-refractivity contribution is 6.00. The van der Waals surface area contributed by atoms with E-state index in [1.54, 1.807) is 32.9 Å². The van der Waals surface area contributed by atoms with Crippen molar-refractivity contribution in [2.24, 2.45) is 11.1 Å². The van der Waals surface area contributed by atoms with Gasteiger partial charge < -0.3 is 15.6 Å². The highest BCUT2D eigenvalue weighted by atomic mass is 16.6. The second kappa shape index (κ2) is 4.49. The normalized spacial score (nSPS) is 28.8. The Kier molecular flexibility index (Phi) is 3.62. The molecule has 1 aliphatic carbocycles. The van der Waals surface area contributed by atoms with Crippen molar-refractivity contribution in [2.45, 2.75) is 45.3 Å². The number of carboxylic acids is 1. The molecule has 5 nitrogen and oxygen atoms in total. The fourth-order valence-corrected chi connectivity index (χ4v) is 1.80. The second-order valence-corrected chi connectivity index (χ2v) is 5.30. The zero-order valence-corrected chi connectivity index (χ0v) is 10.4. The van der Waals surface area contributed by atoms with Crippen LogP contribution in [0.5, 0.6) is 0 Å². The molecule has 0 amide bonds. The van der Waals surface area contributed by atoms with Gasteiger partial charge in [0.2, 0.25) is 0 Å². The van der Waals surface area contributed by atoms with E-state index < -0.39 is 29.0 Å². The van der Waals surface area contributed by atoms with Gasteiger partial charge in [-0.25, -0.2) is 0 Å². The van der Waals surface area contributed by atoms with Crippen LogP contribution in [0.2, 0.25) is 0 Å². The van der Waals surface area contributed by atoms with Gasteiger partial charge in [-0.15, -0.1) is 0 Å². The van der Waals surface area contributed by atoms with E-state index in [-0.39, 0.29) is 6.42 Å². The van der Waals surface area contributed by atoms with E-state index in [4.69, 9.17) is 10.5 Å². The molecule has 0 bridgehead atoms. The van der Waals surface area contributed by atoms with Gasteiger partial charge in [0, 0.05) is 6.04 Å². The quantitative estimate of drug-likeness (QED) is 0.429. The summed E-state index contributed by atoms with van der Waals surface area (Å²) in [5.41, 5.74) is 3.43. The fraction of sp³-hybridized carbons (Fsp3) is 0.667. The Balaban J connectivity index is 3.04. The molecule has 0 aromatic rings. The average molecular weight is 241 g/mol. The minimum absolute atomic E-state index is 0.0818. The smallest absolute Gasteiger partial charge is 0.325 e. The molecule has 96 valence electrons. The van der Waals surface area contributed by atoms with E-state index in [1.165, 1.54) is 0 Å². The van der Waals surface area contributed by atoms with E-state index in [2.05, 4.69) is 0 Å². The molecule has 0 fully saturated rings. The summed E-state index contributed by atoms with van der Waals surface area (Å²) < 4.78 is 5.18. The molecule has 1 aliphatic rings. The standard InChI is InChI=1S/C12H19NO4/c1-11(2,3)17-10(16)12(9(14)15)7-5-4-6-8(12)13/h4-5,8H,6-7,13H2,1-3H3,(H,14,15). The highest BCUT2D eigenvalue weighted by Crippen LogP contribution is 2.35. The van der Waals surface area contributed by atoms with Crippen LogP contribution >= 0.6 is 0 Å². The number of esters is 1. The summed E-state index contributed by atoms with van der Waals surface area (Å²) in [6, 6.07) is -0.750. The Morgan fingerprint density at radius 2 is 2.00 bits per heavy atom. The van der Waals surface area contributed by atoms with E-state index in [0.29, 0.717) is 6.42 Å². The molecule has 17 heavy (non-hydrogen) atoms. The molecule has 0 radical (unpaired) electrons. The van der Waals surface area contributed by atoms with Crippen LogP contribution < -0.4 is 5.73 Å². The number of hydrogen-bond acceptors (Lipinski definition) is 4. The largest absolute Gasteiger partial charge is 0.480 e. The first-order valence-electron chi connectivity index (χ1n) is 5.57. The Bertz CT molecular complexity index is 356. The molecule has 2 atom stereocenters. The molecule has 3 N–H and O–H groups in total. The van der Waals surface area contributed by atoms with Gasteiger partial charge in [-0.1, -0.05) is 12.2 Å². The molecule has 0 spiro atoms. The Morgan fingerprint density at radius 1 is 1.41 bits per heavy atom. The molecule has 0 aromatic carbocycles. The second-order valence-electron chi connectivity index (χ2n) is 5.30. The molecule has 0 aliphatic heterocycles. The number of carboxylic acid groups (broad SMARTS) is 1. The molecule has 0 heterocycles. The lowest BCUT2D eigenvalue weighted by molar-refractivity contribution is -0.178. The van der Waals surface area contributed by atoms with Crippen molar-refractivity contribution in [1.82, 2.24) is 0 Å². The summed E-state index contributed by atoms with van der Waals surface area (Å²) in [5.74, 6) is -1.97. The third-order valence-electron chi connectivity index (χ3n) is 2.77. The molecular weight excluding hydrogens is 222 g/mol. The minimum Gasteiger partial charge on any atom is -0.480 e. The van der Waals surface area contributed by atoms with Crippen LogP contribution in [0, 0.1) is 5.41 Å². The van der Waals surface area contributed by atoms with Crippen LogP contribution in [0.4, 0.5) is 0 Å². The van der Waals surface area contributed by atoms with Crippen molar-refractivity contribution in [3.63, 3.8) is 0 Å². The summed E-state index contributed by atoms with van der Waals surface area (Å²) in [7, 11) is 0. The summed E-state index contributed by atoms with van der Waals surface area (Å²) in [5, 5.41) is 9.31. The molecule has 5 heteroatoms. The van der Waals surface area contributed by atoms with E-state index in [1.807, 2.05) is 0 Å². The SMILES string of the molecule is CC(C)(C)OC(=O)C1(C(=O)O)CC=CCC1N. The van der Waals surface area contributed by atoms with Gasteiger partial charge in [-0.3, -0.25) is 9.59 Å². The number of allylic oxidation sites excluding steroid dienone is 1. The number of hydrogen-bond donors (Lipinski definition) is 2. The third-order valence-corrected chi connectivity index (χ3v) is 2.77. The van der Waals surface area contributed by atoms with Crippen LogP contribution in [0.3, 0.4) is 0 Å². The number of nitrogens with two attached hydrogens (primary N) is 1. The van der Waals surface area contributed by atoms with Gasteiger partial charge >= 0.3 is 11.9 Å². The lowest BCUT2D eigenvalue weighted by Gasteiger charge is -2.36. The summed E-state index contributed by atoms with van der Waals surface area (Å²) in [6.45, 7) is 5.10. The Labute approximate surface area is 101 Å². The first-order valence-corrected chi connectivity index (χ1v) is 5.57. The number of rotatable bonds is 2. The zero-order valence-electron chi connectivity index (χ0n) is 10.4. The van der Waals surface area contributed by atoms with Crippen molar-refractivity contribution in [3.8, 4) is 0 Å². The first-order chi connectivity index (χ1) is 7.70. The predicted octanol–water partition coefficient (Wildman–Crippen LogP) is 1.08. The van der Waals surface area contributed by atoms with Gasteiger partial charge in [0.25, 0.3) is 0 Å². The molecule has 0 aromatic heterocycles. The number of aliphatic carboxylic acids is 1. The van der Waals surface area contributed by atoms with Crippen LogP contribution in [-0.4, -0.2) is 28.7 Å². The van der Waals surface area contributed by atoms with Crippen molar-refractivity contribution in [1.29, 1.82) is 0 Å². The highest BCUT2D eigenvalue weighted by Gasteiger charge is 2.53. The number of ether oxygens (including phenoxy) is 1. The third kappa shape index (κ3) is 2.66. The van der Waals surface area contributed by atoms with Crippen molar-refractivity contribution in [3.05, 3.63) is 12.2 Å². The van der Waals surface area contributed by atoms with Crippen molar-refractivity contribution < 1.29 is 19.4 Å². The van der Waals surface area contributed by atoms with Crippen molar-refractivity contribution >= 4 is 11.9 Å². The lowest BCUT2D eigenvalue weighted by atomic mass is 9.73. The van der Waals surface area contributed by atoms with E-state index in [0.717, 1.165) is 0 Å². The van der Waals surface area contributed by atoms with E-state index in [9.17, 15) is 14.7 Å². The molecule has 0 saturated carbocycles. The maximum absolute atomic E-state index is 12.1. The van der Waals surface area contributed by atoms with Crippen LogP contribution in [-0.2, 0) is 14.3 Å². The monoisotopic (exact) mass is 241 g/mol. The molecule has 2 unspecified atom stereocenters. The van der Waals surface area contributed by atoms with Gasteiger partial charge in [0.1, 0.15) is 5.60 Å². The first kappa shape index (κ1) is 13.7. The maximum Gasteiger partial charge on any atom is 0.325 e. The minimum atomic E-state index is -1.65. The van der Waals surface area contributed by atoms with Crippen LogP contribution in [0.1, 0.15) is 33.6 Å². The number of carbonyl (C=O) groups is 2. The van der Waals surface area contributed by atoms with Gasteiger partial charge in [0.05, 0.1) is 0 Å². The fourth-order valence-electron chi connectivity index (χ4n) is 1.80. The average Bonchev–Trinajstić information content (AvgIpc) is 2.15. The molecule has 0 saturated heterocycles. The maximum atomic E-state index is 12.1. The molecular formula is C12H19NO4. The topological polar surface area (TPSA) is 89.6 Å². The van der Waals surface area contributed by atoms with Gasteiger partial charge in [-0.2, -0.15) is 0 Å². The van der Waals surface area contributed by atoms with E-state index >= 15 is 0 Å². The lowest BCUT2D eigenvalue weighted by Crippen LogP contribution is -2.55.